The van der Waals surface area contributed by atoms with Crippen LogP contribution in [0.15, 0.2) is 0 Å². The summed E-state index contributed by atoms with van der Waals surface area (Å²) in [6, 6.07) is 0. The van der Waals surface area contributed by atoms with Crippen molar-refractivity contribution in [3.8, 4) is 0 Å². The molecule has 0 radical (unpaired) electrons. The predicted molar refractivity (Wildman–Crippen MR) is 61.3 cm³/mol. The zero-order valence-corrected chi connectivity index (χ0v) is 13.7. The van der Waals surface area contributed by atoms with E-state index in [2.05, 4.69) is 55.4 Å². The standard InChI is InChI=1S/C13H26.W/c1-9-13(10-2,11(3,4)5)12(6,7)8;/h1-2,9-10H2,3-8H3;/q-2;+2. The molecule has 0 aromatic heterocycles. The zero-order valence-electron chi connectivity index (χ0n) is 10.7. The van der Waals surface area contributed by atoms with Gasteiger partial charge in [-0.15, -0.1) is 0 Å². The Morgan fingerprint density at radius 1 is 0.714 bits per heavy atom. The van der Waals surface area contributed by atoms with Gasteiger partial charge in [0.25, 0.3) is 0 Å². The van der Waals surface area contributed by atoms with Crippen LogP contribution in [0.1, 0.15) is 54.4 Å². The summed E-state index contributed by atoms with van der Waals surface area (Å²) in [5, 5.41) is 0. The third-order valence-corrected chi connectivity index (χ3v) is 3.72. The molecule has 0 bridgehead atoms. The number of rotatable bonds is 2. The summed E-state index contributed by atoms with van der Waals surface area (Å²) >= 11 is 0. The van der Waals surface area contributed by atoms with Gasteiger partial charge >= 0.3 is 21.1 Å². The van der Waals surface area contributed by atoms with E-state index in [0.717, 1.165) is 12.8 Å². The van der Waals surface area contributed by atoms with Crippen molar-refractivity contribution in [2.45, 2.75) is 54.4 Å². The second kappa shape index (κ2) is 5.15. The summed E-state index contributed by atoms with van der Waals surface area (Å²) in [4.78, 5) is 0. The maximum Gasteiger partial charge on any atom is 2.00 e. The van der Waals surface area contributed by atoms with Crippen LogP contribution in [-0.2, 0) is 21.1 Å². The molecule has 1 heteroatoms. The minimum Gasteiger partial charge on any atom is -0.343 e. The molecular formula is C13H26W. The molecule has 0 aromatic rings. The first-order valence-corrected chi connectivity index (χ1v) is 5.21. The van der Waals surface area contributed by atoms with E-state index in [-0.39, 0.29) is 37.3 Å². The molecule has 0 amide bonds. The Hall–Kier alpha value is 0.688. The fraction of sp³-hybridized carbons (Fsp3) is 0.846. The molecule has 0 nitrogen and oxygen atoms in total. The van der Waals surface area contributed by atoms with Crippen LogP contribution < -0.4 is 0 Å². The van der Waals surface area contributed by atoms with Crippen LogP contribution in [0.3, 0.4) is 0 Å². The fourth-order valence-corrected chi connectivity index (χ4v) is 2.75. The summed E-state index contributed by atoms with van der Waals surface area (Å²) in [7, 11) is 0. The van der Waals surface area contributed by atoms with E-state index in [1.54, 1.807) is 0 Å². The zero-order chi connectivity index (χ0) is 10.9. The number of hydrogen-bond acceptors (Lipinski definition) is 0. The van der Waals surface area contributed by atoms with Crippen molar-refractivity contribution in [1.82, 2.24) is 0 Å². The normalized spacial score (nSPS) is 13.7. The molecule has 0 saturated heterocycles. The Morgan fingerprint density at radius 2 is 0.929 bits per heavy atom. The Morgan fingerprint density at radius 3 is 0.929 bits per heavy atom. The van der Waals surface area contributed by atoms with Gasteiger partial charge in [0.05, 0.1) is 0 Å². The molecule has 14 heavy (non-hydrogen) atoms. The van der Waals surface area contributed by atoms with E-state index in [9.17, 15) is 0 Å². The van der Waals surface area contributed by atoms with Gasteiger partial charge in [-0.25, -0.2) is 0 Å². The molecule has 0 unspecified atom stereocenters. The van der Waals surface area contributed by atoms with Gasteiger partial charge in [0, 0.05) is 0 Å². The molecule has 0 heterocycles. The molecule has 0 saturated carbocycles. The van der Waals surface area contributed by atoms with Gasteiger partial charge in [-0.05, 0) is 10.8 Å². The van der Waals surface area contributed by atoms with Crippen molar-refractivity contribution in [1.29, 1.82) is 0 Å². The van der Waals surface area contributed by atoms with Gasteiger partial charge in [0.1, 0.15) is 0 Å². The molecule has 84 valence electrons. The van der Waals surface area contributed by atoms with Crippen molar-refractivity contribution in [3.63, 3.8) is 0 Å². The van der Waals surface area contributed by atoms with Crippen LogP contribution in [0, 0.1) is 30.1 Å². The Kier molecular flexibility index (Phi) is 6.29. The predicted octanol–water partition coefficient (Wildman–Crippen LogP) is 4.51. The summed E-state index contributed by atoms with van der Waals surface area (Å²) in [5.41, 5.74) is 0.781. The largest absolute Gasteiger partial charge is 2.00 e. The SMILES string of the molecule is [CH2-]CC(C[CH2-])(C(C)(C)C)C(C)(C)C.[W+2]. The van der Waals surface area contributed by atoms with Gasteiger partial charge < -0.3 is 13.8 Å². The van der Waals surface area contributed by atoms with Crippen molar-refractivity contribution in [2.24, 2.45) is 16.2 Å². The molecule has 0 fully saturated rings. The molecule has 0 aliphatic rings. The topological polar surface area (TPSA) is 0 Å². The Bertz CT molecular complexity index is 137. The molecule has 0 N–H and O–H groups in total. The molecule has 0 rings (SSSR count). The maximum atomic E-state index is 4.12. The van der Waals surface area contributed by atoms with E-state index < -0.39 is 0 Å². The summed E-state index contributed by atoms with van der Waals surface area (Å²) in [5.74, 6) is 0. The van der Waals surface area contributed by atoms with E-state index in [0.29, 0.717) is 0 Å². The first-order chi connectivity index (χ1) is 5.62. The third-order valence-electron chi connectivity index (χ3n) is 3.72. The van der Waals surface area contributed by atoms with Crippen molar-refractivity contribution in [3.05, 3.63) is 13.8 Å². The van der Waals surface area contributed by atoms with Gasteiger partial charge in [-0.1, -0.05) is 47.0 Å². The van der Waals surface area contributed by atoms with Gasteiger partial charge in [-0.2, -0.15) is 12.8 Å². The molecular weight excluding hydrogens is 340 g/mol. The van der Waals surface area contributed by atoms with E-state index >= 15 is 0 Å². The first-order valence-electron chi connectivity index (χ1n) is 5.21. The summed E-state index contributed by atoms with van der Waals surface area (Å²) in [6.07, 6.45) is 1.92. The van der Waals surface area contributed by atoms with E-state index in [4.69, 9.17) is 0 Å². The first kappa shape index (κ1) is 17.1. The molecule has 0 aliphatic carbocycles. The third kappa shape index (κ3) is 2.84. The van der Waals surface area contributed by atoms with Crippen molar-refractivity contribution in [2.75, 3.05) is 0 Å². The monoisotopic (exact) mass is 366 g/mol. The van der Waals surface area contributed by atoms with Crippen LogP contribution in [-0.4, -0.2) is 0 Å². The average Bonchev–Trinajstić information content (AvgIpc) is 1.84. The Balaban J connectivity index is 0. The molecule has 0 spiro atoms. The minimum absolute atomic E-state index is 0. The second-order valence-corrected chi connectivity index (χ2v) is 6.08. The minimum atomic E-state index is 0. The molecule has 0 aromatic carbocycles. The van der Waals surface area contributed by atoms with Crippen molar-refractivity contribution < 1.29 is 21.1 Å². The van der Waals surface area contributed by atoms with Crippen LogP contribution in [0.5, 0.6) is 0 Å². The van der Waals surface area contributed by atoms with Crippen molar-refractivity contribution >= 4 is 0 Å². The van der Waals surface area contributed by atoms with Gasteiger partial charge in [0.2, 0.25) is 0 Å². The summed E-state index contributed by atoms with van der Waals surface area (Å²) in [6.45, 7) is 22.0. The fourth-order valence-electron chi connectivity index (χ4n) is 2.75. The maximum absolute atomic E-state index is 4.12. The van der Waals surface area contributed by atoms with Crippen LogP contribution in [0.2, 0.25) is 0 Å². The quantitative estimate of drug-likeness (QED) is 0.631. The number of hydrogen-bond donors (Lipinski definition) is 0. The Labute approximate surface area is 106 Å². The smallest absolute Gasteiger partial charge is 0.343 e. The van der Waals surface area contributed by atoms with E-state index in [1.165, 1.54) is 0 Å². The molecule has 0 atom stereocenters. The van der Waals surface area contributed by atoms with Gasteiger partial charge in [0.15, 0.2) is 0 Å². The average molecular weight is 366 g/mol. The van der Waals surface area contributed by atoms with Gasteiger partial charge in [-0.3, -0.25) is 0 Å². The second-order valence-electron chi connectivity index (χ2n) is 6.08. The molecule has 0 aliphatic heterocycles. The summed E-state index contributed by atoms with van der Waals surface area (Å²) < 4.78 is 0. The van der Waals surface area contributed by atoms with E-state index in [1.807, 2.05) is 0 Å². The van der Waals surface area contributed by atoms with Crippen LogP contribution >= 0.6 is 0 Å². The van der Waals surface area contributed by atoms with Crippen LogP contribution in [0.4, 0.5) is 0 Å². The van der Waals surface area contributed by atoms with Crippen LogP contribution in [0.25, 0.3) is 0 Å².